The van der Waals surface area contributed by atoms with Crippen molar-refractivity contribution in [2.45, 2.75) is 30.3 Å². The van der Waals surface area contributed by atoms with Gasteiger partial charge in [-0.1, -0.05) is 41.4 Å². The van der Waals surface area contributed by atoms with Gasteiger partial charge in [0.2, 0.25) is 0 Å². The zero-order chi connectivity index (χ0) is 31.1. The first kappa shape index (κ1) is 28.2. The predicted molar refractivity (Wildman–Crippen MR) is 160 cm³/mol. The number of phenolic OH excluding ortho intramolecular Hbond substituents is 1. The number of benzene rings is 3. The van der Waals surface area contributed by atoms with Crippen LogP contribution < -0.4 is 16.8 Å². The molecule has 4 aromatic rings. The molecule has 44 heavy (non-hydrogen) atoms. The Morgan fingerprint density at radius 2 is 1.61 bits per heavy atom. The number of hydrazine groups is 1. The van der Waals surface area contributed by atoms with Gasteiger partial charge in [-0.25, -0.2) is 27.9 Å². The lowest BCUT2D eigenvalue weighted by molar-refractivity contribution is -0.138. The lowest BCUT2D eigenvalue weighted by Crippen LogP contribution is -2.53. The predicted octanol–water partition coefficient (Wildman–Crippen LogP) is 4.12. The van der Waals surface area contributed by atoms with Crippen LogP contribution in [-0.2, 0) is 28.6 Å². The van der Waals surface area contributed by atoms with E-state index in [0.29, 0.717) is 21.8 Å². The van der Waals surface area contributed by atoms with E-state index < -0.39 is 52.3 Å². The molecule has 224 valence electrons. The van der Waals surface area contributed by atoms with Crippen LogP contribution in [0.15, 0.2) is 88.0 Å². The van der Waals surface area contributed by atoms with Gasteiger partial charge in [-0.15, -0.1) is 0 Å². The van der Waals surface area contributed by atoms with Crippen LogP contribution in [0, 0.1) is 11.7 Å². The lowest BCUT2D eigenvalue weighted by Gasteiger charge is -2.49. The summed E-state index contributed by atoms with van der Waals surface area (Å²) in [5, 5.41) is 12.9. The van der Waals surface area contributed by atoms with E-state index in [0.717, 1.165) is 9.58 Å². The highest BCUT2D eigenvalue weighted by Crippen LogP contribution is 2.62. The normalized spacial score (nSPS) is 24.0. The smallest absolute Gasteiger partial charge is 0.347 e. The number of hydrogen-bond donors (Lipinski definition) is 2. The number of amides is 2. The van der Waals surface area contributed by atoms with Crippen molar-refractivity contribution < 1.29 is 19.1 Å². The number of allylic oxidation sites excluding steroid dienone is 2. The summed E-state index contributed by atoms with van der Waals surface area (Å²) >= 11 is 12.7. The fourth-order valence-corrected chi connectivity index (χ4v) is 7.43. The van der Waals surface area contributed by atoms with E-state index in [1.807, 2.05) is 0 Å². The second-order valence-corrected chi connectivity index (χ2v) is 12.0. The Bertz CT molecular complexity index is 2020. The third kappa shape index (κ3) is 3.85. The highest BCUT2D eigenvalue weighted by atomic mass is 35.5. The summed E-state index contributed by atoms with van der Waals surface area (Å²) in [6.07, 6.45) is 1.76. The molecule has 2 fully saturated rings. The summed E-state index contributed by atoms with van der Waals surface area (Å²) in [5.41, 5.74) is 1.74. The second-order valence-electron chi connectivity index (χ2n) is 11.2. The number of fused-ring (bicyclic) bond motifs is 4. The molecule has 0 bridgehead atoms. The SMILES string of the molecule is Cn1c(=O)n2n(c1=O)[C@@H]1C[C@H]3C(=O)N(Nc4ccc(F)cc4)C(=O)[C@@]3(c3ccc(Cl)cc3)[C@@H](c3cc(Cl)ccc3O)C1=CC2. The van der Waals surface area contributed by atoms with Gasteiger partial charge in [0, 0.05) is 28.6 Å². The number of carbonyl (C=O) groups excluding carboxylic acids is 2. The van der Waals surface area contributed by atoms with Gasteiger partial charge in [-0.3, -0.25) is 15.0 Å². The van der Waals surface area contributed by atoms with Crippen LogP contribution in [0.1, 0.15) is 29.5 Å². The first-order valence-corrected chi connectivity index (χ1v) is 14.5. The first-order valence-electron chi connectivity index (χ1n) is 13.8. The number of halogens is 3. The summed E-state index contributed by atoms with van der Waals surface area (Å²) in [6.45, 7) is 0.0274. The van der Waals surface area contributed by atoms with E-state index in [-0.39, 0.29) is 29.3 Å². The third-order valence-electron chi connectivity index (χ3n) is 9.01. The van der Waals surface area contributed by atoms with Crippen molar-refractivity contribution in [2.24, 2.45) is 13.0 Å². The van der Waals surface area contributed by atoms with Crippen LogP contribution >= 0.6 is 23.2 Å². The summed E-state index contributed by atoms with van der Waals surface area (Å²) in [4.78, 5) is 55.7. The maximum atomic E-state index is 14.9. The van der Waals surface area contributed by atoms with Gasteiger partial charge in [-0.05, 0) is 72.2 Å². The molecule has 13 heteroatoms. The van der Waals surface area contributed by atoms with Crippen molar-refractivity contribution in [3.05, 3.63) is 126 Å². The summed E-state index contributed by atoms with van der Waals surface area (Å²) in [5.74, 6) is -3.95. The molecule has 0 radical (unpaired) electrons. The highest BCUT2D eigenvalue weighted by molar-refractivity contribution is 6.31. The standard InChI is InChI=1S/C31H24Cl2FN5O5/c1-36-29(43)37-13-12-21-24(39(37)30(36)44)15-23-27(41)38(35-20-9-7-19(34)8-10-20)28(42)31(23,16-2-4-17(32)5-3-16)26(21)22-14-18(33)6-11-25(22)40/h2-12,14,23-24,26,35,40H,13,15H2,1H3/t23-,24+,26+,31+/m0/s1. The second kappa shape index (κ2) is 9.96. The topological polar surface area (TPSA) is 119 Å². The van der Waals surface area contributed by atoms with E-state index >= 15 is 0 Å². The average Bonchev–Trinajstić information content (AvgIpc) is 3.36. The molecule has 1 aliphatic carbocycles. The highest BCUT2D eigenvalue weighted by Gasteiger charge is 2.69. The number of rotatable bonds is 4. The van der Waals surface area contributed by atoms with E-state index in [1.165, 1.54) is 52.8 Å². The number of hydrogen-bond acceptors (Lipinski definition) is 6. The van der Waals surface area contributed by atoms with Crippen LogP contribution in [0.3, 0.4) is 0 Å². The maximum Gasteiger partial charge on any atom is 0.347 e. The zero-order valence-electron chi connectivity index (χ0n) is 23.1. The van der Waals surface area contributed by atoms with E-state index in [4.69, 9.17) is 23.2 Å². The van der Waals surface area contributed by atoms with Crippen LogP contribution in [-0.4, -0.2) is 35.9 Å². The van der Waals surface area contributed by atoms with Crippen molar-refractivity contribution in [1.29, 1.82) is 0 Å². The van der Waals surface area contributed by atoms with Crippen molar-refractivity contribution in [2.75, 3.05) is 5.43 Å². The quantitative estimate of drug-likeness (QED) is 0.257. The van der Waals surface area contributed by atoms with Gasteiger partial charge >= 0.3 is 11.4 Å². The molecule has 1 aromatic heterocycles. The minimum absolute atomic E-state index is 0.0121. The van der Waals surface area contributed by atoms with E-state index in [2.05, 4.69) is 5.43 Å². The average molecular weight is 636 g/mol. The molecule has 4 atom stereocenters. The Balaban J connectivity index is 1.52. The molecule has 2 amide bonds. The van der Waals surface area contributed by atoms with Gasteiger partial charge < -0.3 is 5.11 Å². The molecule has 2 N–H and O–H groups in total. The monoisotopic (exact) mass is 635 g/mol. The number of nitrogens with zero attached hydrogens (tertiary/aromatic N) is 4. The van der Waals surface area contributed by atoms with Gasteiger partial charge in [-0.2, -0.15) is 5.01 Å². The van der Waals surface area contributed by atoms with Crippen LogP contribution in [0.2, 0.25) is 10.0 Å². The number of imide groups is 1. The Morgan fingerprint density at radius 3 is 2.32 bits per heavy atom. The van der Waals surface area contributed by atoms with Crippen LogP contribution in [0.25, 0.3) is 0 Å². The molecule has 0 unspecified atom stereocenters. The summed E-state index contributed by atoms with van der Waals surface area (Å²) in [7, 11) is 1.38. The molecule has 7 rings (SSSR count). The van der Waals surface area contributed by atoms with E-state index in [9.17, 15) is 28.7 Å². The van der Waals surface area contributed by atoms with Crippen molar-refractivity contribution >= 4 is 40.7 Å². The summed E-state index contributed by atoms with van der Waals surface area (Å²) < 4.78 is 17.3. The third-order valence-corrected chi connectivity index (χ3v) is 9.50. The Kier molecular flexibility index (Phi) is 6.38. The van der Waals surface area contributed by atoms with Crippen LogP contribution in [0.5, 0.6) is 5.75 Å². The zero-order valence-corrected chi connectivity index (χ0v) is 24.6. The number of nitrogens with one attached hydrogen (secondary N) is 1. The van der Waals surface area contributed by atoms with Crippen molar-refractivity contribution in [3.8, 4) is 5.75 Å². The molecule has 0 spiro atoms. The van der Waals surface area contributed by atoms with Gasteiger partial charge in [0.15, 0.2) is 0 Å². The lowest BCUT2D eigenvalue weighted by atomic mass is 9.53. The first-order chi connectivity index (χ1) is 21.0. The van der Waals surface area contributed by atoms with Gasteiger partial charge in [0.1, 0.15) is 11.6 Å². The maximum absolute atomic E-state index is 14.9. The molecule has 2 aliphatic heterocycles. The number of aromatic nitrogens is 3. The number of phenols is 1. The Labute approximate surface area is 259 Å². The number of carbonyl (C=O) groups is 2. The van der Waals surface area contributed by atoms with Crippen molar-refractivity contribution in [3.63, 3.8) is 0 Å². The van der Waals surface area contributed by atoms with Gasteiger partial charge in [0.25, 0.3) is 11.8 Å². The summed E-state index contributed by atoms with van der Waals surface area (Å²) in [6, 6.07) is 15.4. The molecular formula is C31H24Cl2FN5O5. The minimum atomic E-state index is -1.64. The molecule has 10 nitrogen and oxygen atoms in total. The fraction of sp³-hybridized carbons (Fsp3) is 0.226. The van der Waals surface area contributed by atoms with E-state index in [1.54, 1.807) is 36.4 Å². The Morgan fingerprint density at radius 1 is 0.932 bits per heavy atom. The van der Waals surface area contributed by atoms with Crippen molar-refractivity contribution in [1.82, 2.24) is 18.9 Å². The largest absolute Gasteiger partial charge is 0.508 e. The fourth-order valence-electron chi connectivity index (χ4n) is 7.13. The molecular weight excluding hydrogens is 612 g/mol. The molecule has 1 saturated heterocycles. The Hall–Kier alpha value is -4.61. The van der Waals surface area contributed by atoms with Gasteiger partial charge in [0.05, 0.1) is 29.6 Å². The van der Waals surface area contributed by atoms with Crippen LogP contribution in [0.4, 0.5) is 10.1 Å². The minimum Gasteiger partial charge on any atom is -0.508 e. The molecule has 1 saturated carbocycles. The molecule has 3 aliphatic rings. The molecule has 3 aromatic carbocycles. The molecule has 3 heterocycles. The number of aromatic hydroxyl groups is 1. The number of anilines is 1.